The summed E-state index contributed by atoms with van der Waals surface area (Å²) < 4.78 is 11.6. The molecule has 0 aliphatic heterocycles. The van der Waals surface area contributed by atoms with Crippen molar-refractivity contribution in [2.45, 2.75) is 20.1 Å². The molecule has 1 N–H and O–H groups in total. The second-order valence-electron chi connectivity index (χ2n) is 4.59. The molecule has 4 heteroatoms. The number of ether oxygens (including phenoxy) is 2. The predicted octanol–water partition coefficient (Wildman–Crippen LogP) is 4.04. The van der Waals surface area contributed by atoms with Crippen LogP contribution >= 0.6 is 11.6 Å². The van der Waals surface area contributed by atoms with E-state index in [1.54, 1.807) is 0 Å². The molecular formula is C17H20ClNO2. The molecule has 0 saturated heterocycles. The molecule has 0 spiro atoms. The second kappa shape index (κ2) is 7.91. The largest absolute Gasteiger partial charge is 0.490 e. The van der Waals surface area contributed by atoms with E-state index in [2.05, 4.69) is 5.32 Å². The highest BCUT2D eigenvalue weighted by Gasteiger charge is 2.11. The van der Waals surface area contributed by atoms with Crippen LogP contribution in [0.3, 0.4) is 0 Å². The molecule has 0 aromatic heterocycles. The van der Waals surface area contributed by atoms with Crippen LogP contribution < -0.4 is 14.8 Å². The minimum atomic E-state index is 0.417. The lowest BCUT2D eigenvalue weighted by atomic mass is 10.1. The van der Waals surface area contributed by atoms with Gasteiger partial charge in [-0.1, -0.05) is 41.9 Å². The number of benzene rings is 2. The zero-order valence-corrected chi connectivity index (χ0v) is 13.1. The molecule has 0 radical (unpaired) electrons. The van der Waals surface area contributed by atoms with Crippen molar-refractivity contribution in [3.63, 3.8) is 0 Å². The van der Waals surface area contributed by atoms with E-state index < -0.39 is 0 Å². The normalized spacial score (nSPS) is 10.4. The Morgan fingerprint density at radius 1 is 1.00 bits per heavy atom. The summed E-state index contributed by atoms with van der Waals surface area (Å²) in [5, 5.41) is 3.85. The lowest BCUT2D eigenvalue weighted by Crippen LogP contribution is -2.09. The van der Waals surface area contributed by atoms with Crippen molar-refractivity contribution in [1.29, 1.82) is 0 Å². The van der Waals surface area contributed by atoms with Gasteiger partial charge in [-0.25, -0.2) is 0 Å². The van der Waals surface area contributed by atoms with Gasteiger partial charge in [-0.3, -0.25) is 0 Å². The maximum absolute atomic E-state index is 6.17. The summed E-state index contributed by atoms with van der Waals surface area (Å²) in [6.07, 6.45) is 0. The number of para-hydroxylation sites is 1. The SMILES string of the molecule is CCOc1cccc(CNC)c1OCc1ccccc1Cl. The number of halogens is 1. The van der Waals surface area contributed by atoms with Gasteiger partial charge in [-0.15, -0.1) is 0 Å². The van der Waals surface area contributed by atoms with Crippen LogP contribution in [0.2, 0.25) is 5.02 Å². The van der Waals surface area contributed by atoms with Gasteiger partial charge in [0.2, 0.25) is 0 Å². The Morgan fingerprint density at radius 2 is 1.76 bits per heavy atom. The van der Waals surface area contributed by atoms with Gasteiger partial charge in [-0.2, -0.15) is 0 Å². The van der Waals surface area contributed by atoms with Crippen LogP contribution in [0.25, 0.3) is 0 Å². The topological polar surface area (TPSA) is 30.5 Å². The van der Waals surface area contributed by atoms with E-state index in [-0.39, 0.29) is 0 Å². The van der Waals surface area contributed by atoms with Crippen molar-refractivity contribution in [2.75, 3.05) is 13.7 Å². The third-order valence-electron chi connectivity index (χ3n) is 3.06. The molecular weight excluding hydrogens is 286 g/mol. The first-order valence-electron chi connectivity index (χ1n) is 7.01. The molecule has 112 valence electrons. The van der Waals surface area contributed by atoms with Crippen molar-refractivity contribution in [2.24, 2.45) is 0 Å². The van der Waals surface area contributed by atoms with E-state index in [0.717, 1.165) is 29.2 Å². The minimum Gasteiger partial charge on any atom is -0.490 e. The van der Waals surface area contributed by atoms with E-state index in [0.29, 0.717) is 18.2 Å². The molecule has 0 aliphatic rings. The molecule has 0 fully saturated rings. The molecule has 2 rings (SSSR count). The van der Waals surface area contributed by atoms with Crippen LogP contribution in [0.1, 0.15) is 18.1 Å². The van der Waals surface area contributed by atoms with Crippen LogP contribution in [0.15, 0.2) is 42.5 Å². The molecule has 0 heterocycles. The Bertz CT molecular complexity index is 563. The lowest BCUT2D eigenvalue weighted by Gasteiger charge is -2.16. The zero-order chi connectivity index (χ0) is 15.1. The van der Waals surface area contributed by atoms with Crippen LogP contribution in [0, 0.1) is 0 Å². The number of nitrogens with one attached hydrogen (secondary N) is 1. The molecule has 0 bridgehead atoms. The van der Waals surface area contributed by atoms with Crippen molar-refractivity contribution in [3.8, 4) is 11.5 Å². The van der Waals surface area contributed by atoms with Gasteiger partial charge in [0.1, 0.15) is 6.61 Å². The van der Waals surface area contributed by atoms with Gasteiger partial charge in [-0.05, 0) is 26.1 Å². The fourth-order valence-corrected chi connectivity index (χ4v) is 2.28. The van der Waals surface area contributed by atoms with Gasteiger partial charge in [0.05, 0.1) is 6.61 Å². The zero-order valence-electron chi connectivity index (χ0n) is 12.4. The Morgan fingerprint density at radius 3 is 2.48 bits per heavy atom. The first-order valence-corrected chi connectivity index (χ1v) is 7.39. The van der Waals surface area contributed by atoms with Crippen molar-refractivity contribution in [3.05, 3.63) is 58.6 Å². The monoisotopic (exact) mass is 305 g/mol. The van der Waals surface area contributed by atoms with Gasteiger partial charge < -0.3 is 14.8 Å². The Hall–Kier alpha value is -1.71. The standard InChI is InChI=1S/C17H20ClNO2/c1-3-20-16-10-6-8-13(11-19-2)17(16)21-12-14-7-4-5-9-15(14)18/h4-10,19H,3,11-12H2,1-2H3. The third kappa shape index (κ3) is 4.13. The average molecular weight is 306 g/mol. The van der Waals surface area contributed by atoms with Gasteiger partial charge >= 0.3 is 0 Å². The molecule has 0 aliphatic carbocycles. The Labute approximate surface area is 130 Å². The van der Waals surface area contributed by atoms with E-state index >= 15 is 0 Å². The summed E-state index contributed by atoms with van der Waals surface area (Å²) in [4.78, 5) is 0. The molecule has 2 aromatic carbocycles. The van der Waals surface area contributed by atoms with E-state index in [4.69, 9.17) is 21.1 Å². The molecule has 0 amide bonds. The summed E-state index contributed by atoms with van der Waals surface area (Å²) in [7, 11) is 1.91. The minimum absolute atomic E-state index is 0.417. The highest BCUT2D eigenvalue weighted by atomic mass is 35.5. The first-order chi connectivity index (χ1) is 10.3. The predicted molar refractivity (Wildman–Crippen MR) is 86.2 cm³/mol. The maximum Gasteiger partial charge on any atom is 0.166 e. The first kappa shape index (κ1) is 15.7. The average Bonchev–Trinajstić information content (AvgIpc) is 2.49. The van der Waals surface area contributed by atoms with Crippen molar-refractivity contribution >= 4 is 11.6 Å². The smallest absolute Gasteiger partial charge is 0.166 e. The quantitative estimate of drug-likeness (QED) is 0.837. The van der Waals surface area contributed by atoms with Crippen LogP contribution in [0.5, 0.6) is 11.5 Å². The highest BCUT2D eigenvalue weighted by Crippen LogP contribution is 2.32. The number of rotatable bonds is 7. The van der Waals surface area contributed by atoms with Gasteiger partial charge in [0.25, 0.3) is 0 Å². The lowest BCUT2D eigenvalue weighted by molar-refractivity contribution is 0.266. The molecule has 2 aromatic rings. The second-order valence-corrected chi connectivity index (χ2v) is 5.00. The fraction of sp³-hybridized carbons (Fsp3) is 0.294. The van der Waals surface area contributed by atoms with Gasteiger partial charge in [0, 0.05) is 22.7 Å². The molecule has 0 unspecified atom stereocenters. The van der Waals surface area contributed by atoms with E-state index in [1.807, 2.05) is 56.4 Å². The van der Waals surface area contributed by atoms with E-state index in [1.165, 1.54) is 0 Å². The fourth-order valence-electron chi connectivity index (χ4n) is 2.09. The van der Waals surface area contributed by atoms with Crippen LogP contribution in [-0.2, 0) is 13.2 Å². The summed E-state index contributed by atoms with van der Waals surface area (Å²) in [5.41, 5.74) is 2.02. The summed E-state index contributed by atoms with van der Waals surface area (Å²) >= 11 is 6.17. The van der Waals surface area contributed by atoms with Crippen LogP contribution in [-0.4, -0.2) is 13.7 Å². The molecule has 3 nitrogen and oxygen atoms in total. The third-order valence-corrected chi connectivity index (χ3v) is 3.43. The van der Waals surface area contributed by atoms with Crippen molar-refractivity contribution in [1.82, 2.24) is 5.32 Å². The summed E-state index contributed by atoms with van der Waals surface area (Å²) in [6, 6.07) is 13.6. The molecule has 21 heavy (non-hydrogen) atoms. The Balaban J connectivity index is 2.22. The van der Waals surface area contributed by atoms with Gasteiger partial charge in [0.15, 0.2) is 11.5 Å². The summed E-state index contributed by atoms with van der Waals surface area (Å²) in [6.45, 7) is 3.70. The van der Waals surface area contributed by atoms with E-state index in [9.17, 15) is 0 Å². The van der Waals surface area contributed by atoms with Crippen LogP contribution in [0.4, 0.5) is 0 Å². The molecule has 0 atom stereocenters. The maximum atomic E-state index is 6.17. The van der Waals surface area contributed by atoms with Crippen molar-refractivity contribution < 1.29 is 9.47 Å². The Kier molecular flexibility index (Phi) is 5.90. The molecule has 0 saturated carbocycles. The number of hydrogen-bond donors (Lipinski definition) is 1. The summed E-state index contributed by atoms with van der Waals surface area (Å²) in [5.74, 6) is 1.53. The highest BCUT2D eigenvalue weighted by molar-refractivity contribution is 6.31. The number of hydrogen-bond acceptors (Lipinski definition) is 3.